The summed E-state index contributed by atoms with van der Waals surface area (Å²) in [5, 5.41) is 7.54. The zero-order chi connectivity index (χ0) is 26.5. The number of H-pyrrole nitrogens is 2. The lowest BCUT2D eigenvalue weighted by atomic mass is 9.74. The second-order valence-electron chi connectivity index (χ2n) is 13.1. The summed E-state index contributed by atoms with van der Waals surface area (Å²) < 4.78 is 0. The summed E-state index contributed by atoms with van der Waals surface area (Å²) in [5.41, 5.74) is 5.21. The fourth-order valence-electron chi connectivity index (χ4n) is 6.48. The minimum absolute atomic E-state index is 0.00631. The average Bonchev–Trinajstić information content (AvgIpc) is 2.80. The lowest BCUT2D eigenvalue weighted by Crippen LogP contribution is -2.35. The minimum atomic E-state index is 0.00631. The summed E-state index contributed by atoms with van der Waals surface area (Å²) in [6, 6.07) is 8.04. The first-order chi connectivity index (χ1) is 17.6. The van der Waals surface area contributed by atoms with Crippen LogP contribution in [0, 0.1) is 10.8 Å². The number of hydrogen-bond donors (Lipinski definition) is 4. The largest absolute Gasteiger partial charge is 0.326 e. The quantitative estimate of drug-likeness (QED) is 0.277. The first-order valence-electron chi connectivity index (χ1n) is 14.5. The van der Waals surface area contributed by atoms with Crippen LogP contribution in [-0.4, -0.2) is 23.1 Å². The molecule has 4 rings (SSSR count). The van der Waals surface area contributed by atoms with Crippen LogP contribution in [0.2, 0.25) is 0 Å². The number of hydrogen-bond acceptors (Lipinski definition) is 4. The van der Waals surface area contributed by atoms with Gasteiger partial charge in [0.15, 0.2) is 0 Å². The maximum absolute atomic E-state index is 11.8. The van der Waals surface area contributed by atoms with Gasteiger partial charge in [0.05, 0.1) is 0 Å². The second kappa shape index (κ2) is 12.1. The Hall–Kier alpha value is -2.18. The molecule has 37 heavy (non-hydrogen) atoms. The van der Waals surface area contributed by atoms with Crippen LogP contribution in [0.3, 0.4) is 0 Å². The number of fused-ring (bicyclic) bond motifs is 2. The van der Waals surface area contributed by atoms with E-state index < -0.39 is 0 Å². The lowest BCUT2D eigenvalue weighted by Gasteiger charge is -2.37. The molecule has 2 aliphatic carbocycles. The van der Waals surface area contributed by atoms with E-state index in [-0.39, 0.29) is 21.9 Å². The third-order valence-corrected chi connectivity index (χ3v) is 8.28. The van der Waals surface area contributed by atoms with Gasteiger partial charge in [-0.2, -0.15) is 0 Å². The van der Waals surface area contributed by atoms with Gasteiger partial charge < -0.3 is 20.6 Å². The van der Waals surface area contributed by atoms with Crippen LogP contribution in [0.1, 0.15) is 120 Å². The first kappa shape index (κ1) is 27.8. The normalized spacial score (nSPS) is 21.8. The van der Waals surface area contributed by atoms with E-state index in [1.807, 2.05) is 12.1 Å². The molecule has 0 fully saturated rings. The Morgan fingerprint density at radius 2 is 1.03 bits per heavy atom. The second-order valence-corrected chi connectivity index (χ2v) is 13.1. The van der Waals surface area contributed by atoms with E-state index in [1.165, 1.54) is 56.1 Å². The third kappa shape index (κ3) is 7.90. The molecule has 4 N–H and O–H groups in total. The summed E-state index contributed by atoms with van der Waals surface area (Å²) in [6.07, 6.45) is 13.0. The molecule has 0 amide bonds. The number of pyridine rings is 2. The summed E-state index contributed by atoms with van der Waals surface area (Å²) in [4.78, 5) is 29.7. The Labute approximate surface area is 222 Å². The molecular weight excluding hydrogens is 460 g/mol. The van der Waals surface area contributed by atoms with E-state index in [0.717, 1.165) is 50.2 Å². The van der Waals surface area contributed by atoms with E-state index in [2.05, 4.69) is 48.3 Å². The zero-order valence-corrected chi connectivity index (χ0v) is 23.5. The molecule has 6 nitrogen and oxygen atoms in total. The standard InChI is InChI=1S/C31H48N4O2/c1-30(2)18-24(22-12-14-28(36)34-26(22)20-30)32-16-10-8-6-5-7-9-11-17-33-25-19-31(3,4)21-27-23(25)13-15-29(37)35-27/h12-15,24-25,32-33H,5-11,16-21H2,1-4H3,(H,34,36)(H,35,37)/t24-,25-/m1/s1. The van der Waals surface area contributed by atoms with E-state index in [1.54, 1.807) is 12.1 Å². The number of unbranched alkanes of at least 4 members (excludes halogenated alkanes) is 6. The van der Waals surface area contributed by atoms with E-state index >= 15 is 0 Å². The molecule has 204 valence electrons. The lowest BCUT2D eigenvalue weighted by molar-refractivity contribution is 0.253. The molecular formula is C31H48N4O2. The monoisotopic (exact) mass is 508 g/mol. The predicted octanol–water partition coefficient (Wildman–Crippen LogP) is 5.70. The molecule has 0 saturated carbocycles. The summed E-state index contributed by atoms with van der Waals surface area (Å²) in [5.74, 6) is 0. The molecule has 0 saturated heterocycles. The molecule has 2 aromatic rings. The van der Waals surface area contributed by atoms with Crippen LogP contribution in [0.5, 0.6) is 0 Å². The molecule has 0 radical (unpaired) electrons. The van der Waals surface area contributed by atoms with Gasteiger partial charge in [0.1, 0.15) is 0 Å². The van der Waals surface area contributed by atoms with E-state index in [0.29, 0.717) is 12.1 Å². The predicted molar refractivity (Wildman–Crippen MR) is 152 cm³/mol. The van der Waals surface area contributed by atoms with Gasteiger partial charge in [-0.15, -0.1) is 0 Å². The molecule has 0 aromatic carbocycles. The van der Waals surface area contributed by atoms with Crippen molar-refractivity contribution in [1.29, 1.82) is 0 Å². The van der Waals surface area contributed by atoms with Crippen molar-refractivity contribution in [2.24, 2.45) is 10.8 Å². The number of aromatic nitrogens is 2. The Morgan fingerprint density at radius 3 is 1.43 bits per heavy atom. The Kier molecular flexibility index (Phi) is 9.12. The fraction of sp³-hybridized carbons (Fsp3) is 0.677. The number of nitrogens with one attached hydrogen (secondary N) is 4. The van der Waals surface area contributed by atoms with Gasteiger partial charge in [-0.25, -0.2) is 0 Å². The summed E-state index contributed by atoms with van der Waals surface area (Å²) >= 11 is 0. The van der Waals surface area contributed by atoms with E-state index in [9.17, 15) is 9.59 Å². The van der Waals surface area contributed by atoms with Crippen molar-refractivity contribution in [2.45, 2.75) is 110 Å². The highest BCUT2D eigenvalue weighted by molar-refractivity contribution is 5.29. The van der Waals surface area contributed by atoms with E-state index in [4.69, 9.17) is 0 Å². The van der Waals surface area contributed by atoms with Crippen LogP contribution in [0.15, 0.2) is 33.9 Å². The van der Waals surface area contributed by atoms with Crippen molar-refractivity contribution in [3.63, 3.8) is 0 Å². The van der Waals surface area contributed by atoms with Crippen LogP contribution >= 0.6 is 0 Å². The van der Waals surface area contributed by atoms with Gasteiger partial charge in [-0.05, 0) is 73.6 Å². The molecule has 0 unspecified atom stereocenters. The molecule has 0 bridgehead atoms. The van der Waals surface area contributed by atoms with Crippen molar-refractivity contribution in [3.8, 4) is 0 Å². The van der Waals surface area contributed by atoms with Crippen molar-refractivity contribution < 1.29 is 0 Å². The topological polar surface area (TPSA) is 89.8 Å². The van der Waals surface area contributed by atoms with Gasteiger partial charge >= 0.3 is 0 Å². The SMILES string of the molecule is CC1(C)Cc2[nH]c(=O)ccc2[C@H](NCCCCCCCCCN[C@@H]2CC(C)(C)Cc3[nH]c(=O)ccc32)C1. The van der Waals surface area contributed by atoms with Gasteiger partial charge in [0, 0.05) is 35.6 Å². The smallest absolute Gasteiger partial charge is 0.248 e. The van der Waals surface area contributed by atoms with Crippen molar-refractivity contribution >= 4 is 0 Å². The Balaban J connectivity index is 1.08. The van der Waals surface area contributed by atoms with Gasteiger partial charge in [0.25, 0.3) is 0 Å². The molecule has 6 heteroatoms. The molecule has 2 heterocycles. The van der Waals surface area contributed by atoms with Gasteiger partial charge in [0.2, 0.25) is 11.1 Å². The highest BCUT2D eigenvalue weighted by Crippen LogP contribution is 2.40. The minimum Gasteiger partial charge on any atom is -0.326 e. The van der Waals surface area contributed by atoms with Crippen LogP contribution in [-0.2, 0) is 12.8 Å². The molecule has 0 aliphatic heterocycles. The maximum atomic E-state index is 11.8. The number of rotatable bonds is 12. The molecule has 2 atom stereocenters. The fourth-order valence-corrected chi connectivity index (χ4v) is 6.48. The molecule has 2 aliphatic rings. The molecule has 0 spiro atoms. The van der Waals surface area contributed by atoms with Crippen molar-refractivity contribution in [3.05, 3.63) is 67.5 Å². The zero-order valence-electron chi connectivity index (χ0n) is 23.5. The summed E-state index contributed by atoms with van der Waals surface area (Å²) in [6.45, 7) is 11.2. The van der Waals surface area contributed by atoms with Gasteiger partial charge in [-0.3, -0.25) is 9.59 Å². The summed E-state index contributed by atoms with van der Waals surface area (Å²) in [7, 11) is 0. The van der Waals surface area contributed by atoms with Crippen LogP contribution in [0.25, 0.3) is 0 Å². The maximum Gasteiger partial charge on any atom is 0.248 e. The Bertz CT molecular complexity index is 1060. The molecule has 2 aromatic heterocycles. The van der Waals surface area contributed by atoms with Crippen molar-refractivity contribution in [1.82, 2.24) is 20.6 Å². The van der Waals surface area contributed by atoms with Crippen LogP contribution < -0.4 is 21.8 Å². The third-order valence-electron chi connectivity index (χ3n) is 8.28. The number of aromatic amines is 2. The first-order valence-corrected chi connectivity index (χ1v) is 14.5. The van der Waals surface area contributed by atoms with Crippen molar-refractivity contribution in [2.75, 3.05) is 13.1 Å². The highest BCUT2D eigenvalue weighted by atomic mass is 16.1. The Morgan fingerprint density at radius 1 is 0.649 bits per heavy atom. The van der Waals surface area contributed by atoms with Gasteiger partial charge in [-0.1, -0.05) is 71.9 Å². The average molecular weight is 509 g/mol. The van der Waals surface area contributed by atoms with Crippen LogP contribution in [0.4, 0.5) is 0 Å². The highest BCUT2D eigenvalue weighted by Gasteiger charge is 2.33.